The van der Waals surface area contributed by atoms with Crippen LogP contribution in [0.1, 0.15) is 0 Å². The second kappa shape index (κ2) is 4.52. The van der Waals surface area contributed by atoms with E-state index in [4.69, 9.17) is 4.74 Å². The van der Waals surface area contributed by atoms with Gasteiger partial charge in [0, 0.05) is 0 Å². The molecule has 1 saturated heterocycles. The maximum atomic E-state index is 11.4. The average molecular weight is 228 g/mol. The molecule has 1 aromatic carbocycles. The summed E-state index contributed by atoms with van der Waals surface area (Å²) in [4.78, 5) is 11.4. The highest BCUT2D eigenvalue weighted by atomic mass is 32.2. The van der Waals surface area contributed by atoms with Gasteiger partial charge in [0.2, 0.25) is 0 Å². The maximum absolute atomic E-state index is 11.4. The van der Waals surface area contributed by atoms with Gasteiger partial charge in [0.05, 0.1) is 0 Å². The molecule has 1 heterocycles. The Balaban J connectivity index is 1.96. The monoisotopic (exact) mass is 228 g/mol. The Morgan fingerprint density at radius 1 is 1.40 bits per heavy atom. The Bertz CT molecular complexity index is 377. The number of rotatable bonds is 2. The highest BCUT2D eigenvalue weighted by molar-refractivity contribution is 7.75. The van der Waals surface area contributed by atoms with Crippen molar-refractivity contribution in [2.45, 2.75) is 6.10 Å². The van der Waals surface area contributed by atoms with Gasteiger partial charge in [0.25, 0.3) is 0 Å². The number of benzene rings is 1. The second-order valence-electron chi connectivity index (χ2n) is 2.81. The van der Waals surface area contributed by atoms with Crippen LogP contribution in [0, 0.1) is 0 Å². The third-order valence-corrected chi connectivity index (χ3v) is 2.45. The van der Waals surface area contributed by atoms with Gasteiger partial charge in [-0.15, -0.1) is 0 Å². The van der Waals surface area contributed by atoms with E-state index in [0.29, 0.717) is 5.75 Å². The van der Waals surface area contributed by atoms with Gasteiger partial charge in [0.15, 0.2) is 6.10 Å². The number of carbonyl (C=O) groups is 1. The summed E-state index contributed by atoms with van der Waals surface area (Å²) in [5, 5.41) is 0. The van der Waals surface area contributed by atoms with Crippen molar-refractivity contribution in [2.24, 2.45) is 0 Å². The zero-order valence-corrected chi connectivity index (χ0v) is 8.44. The SMILES string of the molecule is O=C(Oc1ccccc1)C1COS(=O)O1. The largest absolute Gasteiger partial charge is 0.425 e. The van der Waals surface area contributed by atoms with Gasteiger partial charge >= 0.3 is 17.3 Å². The third kappa shape index (κ3) is 2.62. The van der Waals surface area contributed by atoms with E-state index in [9.17, 15) is 9.00 Å². The molecule has 2 unspecified atom stereocenters. The first-order chi connectivity index (χ1) is 7.25. The number of hydrogen-bond acceptors (Lipinski definition) is 5. The summed E-state index contributed by atoms with van der Waals surface area (Å²) >= 11 is -1.83. The van der Waals surface area contributed by atoms with Gasteiger partial charge in [-0.25, -0.2) is 4.79 Å². The van der Waals surface area contributed by atoms with Crippen molar-refractivity contribution in [1.29, 1.82) is 0 Å². The number of para-hydroxylation sites is 1. The fraction of sp³-hybridized carbons (Fsp3) is 0.222. The Morgan fingerprint density at radius 3 is 2.73 bits per heavy atom. The number of carbonyl (C=O) groups excluding carboxylic acids is 1. The molecule has 1 aromatic rings. The van der Waals surface area contributed by atoms with Crippen LogP contribution in [-0.2, 0) is 24.5 Å². The number of esters is 1. The molecule has 80 valence electrons. The standard InChI is InChI=1S/C9H8O5S/c10-9(8-6-12-15(11)14-8)13-7-4-2-1-3-5-7/h1-5,8H,6H2. The smallest absolute Gasteiger partial charge is 0.344 e. The molecule has 1 fully saturated rings. The lowest BCUT2D eigenvalue weighted by Gasteiger charge is -2.05. The minimum absolute atomic E-state index is 0.0434. The summed E-state index contributed by atoms with van der Waals surface area (Å²) in [5.74, 6) is -0.184. The predicted molar refractivity (Wildman–Crippen MR) is 51.0 cm³/mol. The van der Waals surface area contributed by atoms with Crippen molar-refractivity contribution in [3.8, 4) is 5.75 Å². The second-order valence-corrected chi connectivity index (χ2v) is 3.64. The number of hydrogen-bond donors (Lipinski definition) is 0. The number of ether oxygens (including phenoxy) is 1. The molecular weight excluding hydrogens is 220 g/mol. The van der Waals surface area contributed by atoms with Crippen LogP contribution >= 0.6 is 0 Å². The summed E-state index contributed by atoms with van der Waals surface area (Å²) in [6.45, 7) is -0.0434. The minimum atomic E-state index is -1.83. The molecule has 0 N–H and O–H groups in total. The van der Waals surface area contributed by atoms with Gasteiger partial charge < -0.3 is 4.74 Å². The van der Waals surface area contributed by atoms with E-state index >= 15 is 0 Å². The van der Waals surface area contributed by atoms with E-state index in [1.165, 1.54) is 0 Å². The highest BCUT2D eigenvalue weighted by Gasteiger charge is 2.31. The van der Waals surface area contributed by atoms with Gasteiger partial charge in [0.1, 0.15) is 12.4 Å². The lowest BCUT2D eigenvalue weighted by Crippen LogP contribution is -2.27. The molecule has 0 bridgehead atoms. The van der Waals surface area contributed by atoms with Crippen molar-refractivity contribution in [1.82, 2.24) is 0 Å². The minimum Gasteiger partial charge on any atom is -0.425 e. The molecule has 0 amide bonds. The van der Waals surface area contributed by atoms with Crippen molar-refractivity contribution in [3.05, 3.63) is 30.3 Å². The molecule has 0 radical (unpaired) electrons. The van der Waals surface area contributed by atoms with Crippen LogP contribution in [-0.4, -0.2) is 22.9 Å². The molecule has 0 aliphatic carbocycles. The zero-order valence-electron chi connectivity index (χ0n) is 7.62. The van der Waals surface area contributed by atoms with E-state index in [1.54, 1.807) is 24.3 Å². The van der Waals surface area contributed by atoms with Gasteiger partial charge in [-0.05, 0) is 12.1 Å². The predicted octanol–water partition coefficient (Wildman–Crippen LogP) is 0.586. The zero-order chi connectivity index (χ0) is 10.7. The summed E-state index contributed by atoms with van der Waals surface area (Å²) in [6, 6.07) is 8.58. The first-order valence-corrected chi connectivity index (χ1v) is 5.24. The third-order valence-electron chi connectivity index (χ3n) is 1.73. The summed E-state index contributed by atoms with van der Waals surface area (Å²) in [5.41, 5.74) is 0. The van der Waals surface area contributed by atoms with Crippen molar-refractivity contribution < 1.29 is 22.1 Å². The highest BCUT2D eigenvalue weighted by Crippen LogP contribution is 2.14. The fourth-order valence-corrected chi connectivity index (χ4v) is 1.66. The van der Waals surface area contributed by atoms with E-state index in [0.717, 1.165) is 0 Å². The van der Waals surface area contributed by atoms with Crippen LogP contribution in [0.4, 0.5) is 0 Å². The molecule has 1 aliphatic heterocycles. The van der Waals surface area contributed by atoms with Crippen LogP contribution in [0.5, 0.6) is 5.75 Å². The Kier molecular flexibility index (Phi) is 3.10. The van der Waals surface area contributed by atoms with E-state index < -0.39 is 23.4 Å². The van der Waals surface area contributed by atoms with Crippen LogP contribution in [0.15, 0.2) is 30.3 Å². The lowest BCUT2D eigenvalue weighted by atomic mass is 10.3. The molecule has 5 nitrogen and oxygen atoms in total. The molecule has 0 spiro atoms. The van der Waals surface area contributed by atoms with Crippen molar-refractivity contribution >= 4 is 17.3 Å². The molecule has 0 saturated carbocycles. The molecule has 15 heavy (non-hydrogen) atoms. The van der Waals surface area contributed by atoms with E-state index in [1.807, 2.05) is 6.07 Å². The summed E-state index contributed by atoms with van der Waals surface area (Å²) < 4.78 is 24.9. The van der Waals surface area contributed by atoms with Crippen LogP contribution in [0.3, 0.4) is 0 Å². The Hall–Kier alpha value is -1.24. The molecule has 6 heteroatoms. The summed E-state index contributed by atoms with van der Waals surface area (Å²) in [7, 11) is 0. The molecule has 2 atom stereocenters. The van der Waals surface area contributed by atoms with Gasteiger partial charge in [-0.1, -0.05) is 18.2 Å². The lowest BCUT2D eigenvalue weighted by molar-refractivity contribution is -0.141. The quantitative estimate of drug-likeness (QED) is 0.547. The van der Waals surface area contributed by atoms with E-state index in [-0.39, 0.29) is 6.61 Å². The topological polar surface area (TPSA) is 61.8 Å². The summed E-state index contributed by atoms with van der Waals surface area (Å²) in [6.07, 6.45) is -0.911. The average Bonchev–Trinajstić information content (AvgIpc) is 2.66. The maximum Gasteiger partial charge on any atom is 0.344 e. The molecule has 2 rings (SSSR count). The fourth-order valence-electron chi connectivity index (χ4n) is 1.05. The van der Waals surface area contributed by atoms with Crippen molar-refractivity contribution in [3.63, 3.8) is 0 Å². The van der Waals surface area contributed by atoms with Gasteiger partial charge in [-0.3, -0.25) is 8.37 Å². The van der Waals surface area contributed by atoms with E-state index in [2.05, 4.69) is 8.37 Å². The first kappa shape index (κ1) is 10.3. The van der Waals surface area contributed by atoms with Crippen LogP contribution in [0.2, 0.25) is 0 Å². The van der Waals surface area contributed by atoms with Gasteiger partial charge in [-0.2, -0.15) is 4.21 Å². The first-order valence-electron chi connectivity index (χ1n) is 4.24. The molecular formula is C9H8O5S. The van der Waals surface area contributed by atoms with Crippen molar-refractivity contribution in [2.75, 3.05) is 6.61 Å². The Labute approximate surface area is 88.8 Å². The van der Waals surface area contributed by atoms with Crippen LogP contribution < -0.4 is 4.74 Å². The molecule has 1 aliphatic rings. The normalized spacial score (nSPS) is 25.1. The Morgan fingerprint density at radius 2 is 2.13 bits per heavy atom. The van der Waals surface area contributed by atoms with Crippen LogP contribution in [0.25, 0.3) is 0 Å². The molecule has 0 aromatic heterocycles.